The van der Waals surface area contributed by atoms with E-state index in [1.165, 1.54) is 0 Å². The smallest absolute Gasteiger partial charge is 0.303 e. The van der Waals surface area contributed by atoms with Crippen LogP contribution >= 0.6 is 11.6 Å². The fourth-order valence-corrected chi connectivity index (χ4v) is 3.72. The van der Waals surface area contributed by atoms with E-state index in [2.05, 4.69) is 0 Å². The van der Waals surface area contributed by atoms with Crippen molar-refractivity contribution in [2.45, 2.75) is 26.7 Å². The van der Waals surface area contributed by atoms with Crippen LogP contribution in [-0.4, -0.2) is 11.1 Å². The van der Waals surface area contributed by atoms with Crippen molar-refractivity contribution in [3.05, 3.63) is 107 Å². The van der Waals surface area contributed by atoms with E-state index in [0.717, 1.165) is 22.4 Å². The third-order valence-corrected chi connectivity index (χ3v) is 5.65. The molecule has 0 saturated heterocycles. The van der Waals surface area contributed by atoms with Crippen LogP contribution in [0.4, 0.5) is 0 Å². The van der Waals surface area contributed by atoms with Crippen molar-refractivity contribution in [2.24, 2.45) is 0 Å². The van der Waals surface area contributed by atoms with E-state index in [1.807, 2.05) is 74.5 Å². The SMILES string of the molecule is Cc1cc(Oc2cccc(Oc3ccc(Cl)cc3Oc3ccccc3C)c2)ccc1CCC(=O)O. The highest BCUT2D eigenvalue weighted by molar-refractivity contribution is 6.30. The Hall–Kier alpha value is -3.96. The van der Waals surface area contributed by atoms with E-state index in [-0.39, 0.29) is 6.42 Å². The Morgan fingerprint density at radius 2 is 1.46 bits per heavy atom. The van der Waals surface area contributed by atoms with Gasteiger partial charge in [0, 0.05) is 23.6 Å². The van der Waals surface area contributed by atoms with Crippen molar-refractivity contribution in [3.8, 4) is 34.5 Å². The summed E-state index contributed by atoms with van der Waals surface area (Å²) in [6, 6.07) is 25.9. The van der Waals surface area contributed by atoms with Gasteiger partial charge in [0.25, 0.3) is 0 Å². The maximum absolute atomic E-state index is 10.8. The molecule has 1 N–H and O–H groups in total. The summed E-state index contributed by atoms with van der Waals surface area (Å²) in [5.74, 6) is 2.78. The summed E-state index contributed by atoms with van der Waals surface area (Å²) < 4.78 is 18.3. The molecule has 0 unspecified atom stereocenters. The number of rotatable bonds is 9. The van der Waals surface area contributed by atoms with Gasteiger partial charge in [0.2, 0.25) is 0 Å². The number of aryl methyl sites for hydroxylation is 3. The van der Waals surface area contributed by atoms with Gasteiger partial charge in [-0.15, -0.1) is 0 Å². The number of carboxylic acids is 1. The lowest BCUT2D eigenvalue weighted by Crippen LogP contribution is -1.99. The Morgan fingerprint density at radius 1 is 0.714 bits per heavy atom. The van der Waals surface area contributed by atoms with Crippen LogP contribution in [0, 0.1) is 13.8 Å². The average Bonchev–Trinajstić information content (AvgIpc) is 2.82. The lowest BCUT2D eigenvalue weighted by atomic mass is 10.0. The van der Waals surface area contributed by atoms with Crippen LogP contribution in [0.15, 0.2) is 84.9 Å². The summed E-state index contributed by atoms with van der Waals surface area (Å²) in [5.41, 5.74) is 2.97. The Kier molecular flexibility index (Phi) is 7.58. The van der Waals surface area contributed by atoms with Gasteiger partial charge in [-0.05, 0) is 79.4 Å². The van der Waals surface area contributed by atoms with Crippen LogP contribution in [0.5, 0.6) is 34.5 Å². The summed E-state index contributed by atoms with van der Waals surface area (Å²) in [6.07, 6.45) is 0.583. The molecule has 0 amide bonds. The van der Waals surface area contributed by atoms with Crippen LogP contribution in [0.2, 0.25) is 5.02 Å². The molecule has 0 fully saturated rings. The molecule has 0 aliphatic rings. The van der Waals surface area contributed by atoms with Gasteiger partial charge < -0.3 is 19.3 Å². The Labute approximate surface area is 209 Å². The molecule has 0 radical (unpaired) electrons. The molecule has 0 aliphatic heterocycles. The minimum atomic E-state index is -0.810. The molecule has 0 aliphatic carbocycles. The number of hydrogen-bond donors (Lipinski definition) is 1. The number of aliphatic carboxylic acids is 1. The quantitative estimate of drug-likeness (QED) is 0.256. The topological polar surface area (TPSA) is 65.0 Å². The number of carboxylic acid groups (broad SMARTS) is 1. The van der Waals surface area contributed by atoms with Gasteiger partial charge >= 0.3 is 5.97 Å². The van der Waals surface area contributed by atoms with Crippen molar-refractivity contribution >= 4 is 17.6 Å². The van der Waals surface area contributed by atoms with E-state index in [4.69, 9.17) is 30.9 Å². The average molecular weight is 489 g/mol. The molecule has 0 aromatic heterocycles. The molecule has 4 aromatic rings. The molecule has 0 atom stereocenters. The summed E-state index contributed by atoms with van der Waals surface area (Å²) in [6.45, 7) is 3.92. The van der Waals surface area contributed by atoms with E-state index in [0.29, 0.717) is 40.2 Å². The Morgan fingerprint density at radius 3 is 2.20 bits per heavy atom. The van der Waals surface area contributed by atoms with Crippen LogP contribution < -0.4 is 14.2 Å². The number of halogens is 1. The number of carbonyl (C=O) groups is 1. The Bertz CT molecular complexity index is 1350. The molecule has 35 heavy (non-hydrogen) atoms. The molecular formula is C29H25ClO5. The minimum Gasteiger partial charge on any atom is -0.481 e. The highest BCUT2D eigenvalue weighted by Crippen LogP contribution is 2.38. The number of para-hydroxylation sites is 1. The van der Waals surface area contributed by atoms with Crippen molar-refractivity contribution in [3.63, 3.8) is 0 Å². The molecule has 5 nitrogen and oxygen atoms in total. The Balaban J connectivity index is 1.51. The predicted octanol–water partition coefficient (Wildman–Crippen LogP) is 8.35. The maximum atomic E-state index is 10.8. The van der Waals surface area contributed by atoms with Crippen molar-refractivity contribution in [1.82, 2.24) is 0 Å². The van der Waals surface area contributed by atoms with Gasteiger partial charge in [-0.2, -0.15) is 0 Å². The number of ether oxygens (including phenoxy) is 3. The largest absolute Gasteiger partial charge is 0.481 e. The highest BCUT2D eigenvalue weighted by atomic mass is 35.5. The van der Waals surface area contributed by atoms with E-state index in [9.17, 15) is 4.79 Å². The zero-order chi connectivity index (χ0) is 24.8. The zero-order valence-corrected chi connectivity index (χ0v) is 20.2. The summed E-state index contributed by atoms with van der Waals surface area (Å²) in [5, 5.41) is 9.45. The second-order valence-corrected chi connectivity index (χ2v) is 8.56. The normalized spacial score (nSPS) is 10.6. The molecule has 0 bridgehead atoms. The molecule has 4 aromatic carbocycles. The second-order valence-electron chi connectivity index (χ2n) is 8.12. The lowest BCUT2D eigenvalue weighted by molar-refractivity contribution is -0.136. The van der Waals surface area contributed by atoms with Crippen LogP contribution in [0.1, 0.15) is 23.1 Å². The lowest BCUT2D eigenvalue weighted by Gasteiger charge is -2.15. The van der Waals surface area contributed by atoms with Gasteiger partial charge in [0.1, 0.15) is 23.0 Å². The number of benzene rings is 4. The van der Waals surface area contributed by atoms with Gasteiger partial charge in [0.15, 0.2) is 11.5 Å². The summed E-state index contributed by atoms with van der Waals surface area (Å²) in [4.78, 5) is 10.8. The van der Waals surface area contributed by atoms with E-state index >= 15 is 0 Å². The van der Waals surface area contributed by atoms with Gasteiger partial charge in [-0.1, -0.05) is 41.9 Å². The second kappa shape index (κ2) is 11.0. The van der Waals surface area contributed by atoms with Crippen LogP contribution in [-0.2, 0) is 11.2 Å². The third-order valence-electron chi connectivity index (χ3n) is 5.41. The zero-order valence-electron chi connectivity index (χ0n) is 19.5. The van der Waals surface area contributed by atoms with E-state index in [1.54, 1.807) is 24.3 Å². The fourth-order valence-electron chi connectivity index (χ4n) is 3.55. The van der Waals surface area contributed by atoms with Gasteiger partial charge in [-0.25, -0.2) is 0 Å². The molecule has 0 saturated carbocycles. The highest BCUT2D eigenvalue weighted by Gasteiger charge is 2.11. The summed E-state index contributed by atoms with van der Waals surface area (Å²) in [7, 11) is 0. The fraction of sp³-hybridized carbons (Fsp3) is 0.138. The van der Waals surface area contributed by atoms with Crippen molar-refractivity contribution in [2.75, 3.05) is 0 Å². The molecule has 0 spiro atoms. The maximum Gasteiger partial charge on any atom is 0.303 e. The molecule has 4 rings (SSSR count). The van der Waals surface area contributed by atoms with Gasteiger partial charge in [-0.3, -0.25) is 4.79 Å². The third kappa shape index (κ3) is 6.55. The molecular weight excluding hydrogens is 464 g/mol. The summed E-state index contributed by atoms with van der Waals surface area (Å²) >= 11 is 6.22. The first-order chi connectivity index (χ1) is 16.9. The molecule has 6 heteroatoms. The van der Waals surface area contributed by atoms with Crippen molar-refractivity contribution in [1.29, 1.82) is 0 Å². The monoisotopic (exact) mass is 488 g/mol. The van der Waals surface area contributed by atoms with Crippen molar-refractivity contribution < 1.29 is 24.1 Å². The molecule has 178 valence electrons. The van der Waals surface area contributed by atoms with Crippen LogP contribution in [0.3, 0.4) is 0 Å². The predicted molar refractivity (Wildman–Crippen MR) is 136 cm³/mol. The minimum absolute atomic E-state index is 0.0979. The van der Waals surface area contributed by atoms with Gasteiger partial charge in [0.05, 0.1) is 0 Å². The number of hydrogen-bond acceptors (Lipinski definition) is 4. The first-order valence-electron chi connectivity index (χ1n) is 11.2. The first-order valence-corrected chi connectivity index (χ1v) is 11.6. The standard InChI is InChI=1S/C29H25ClO5/c1-19-6-3-4-9-26(19)35-28-17-22(30)12-14-27(28)34-24-8-5-7-23(18-24)33-25-13-10-21(20(2)16-25)11-15-29(31)32/h3-10,12-14,16-18H,11,15H2,1-2H3,(H,31,32). The molecule has 0 heterocycles. The first kappa shape index (κ1) is 24.2. The van der Waals surface area contributed by atoms with E-state index < -0.39 is 5.97 Å². The van der Waals surface area contributed by atoms with Crippen LogP contribution in [0.25, 0.3) is 0 Å².